The van der Waals surface area contributed by atoms with Crippen LogP contribution in [-0.4, -0.2) is 49.1 Å². The summed E-state index contributed by atoms with van der Waals surface area (Å²) in [5, 5.41) is 6.48. The number of benzene rings is 1. The summed E-state index contributed by atoms with van der Waals surface area (Å²) in [5.74, 6) is -0.813. The molecule has 1 aliphatic heterocycles. The first-order valence-electron chi connectivity index (χ1n) is 8.59. The molecule has 4 N–H and O–H groups in total. The van der Waals surface area contributed by atoms with Crippen molar-refractivity contribution in [2.24, 2.45) is 0 Å². The Kier molecular flexibility index (Phi) is 5.70. The second-order valence-electron chi connectivity index (χ2n) is 6.18. The maximum atomic E-state index is 14.5. The quantitative estimate of drug-likeness (QED) is 0.653. The number of hydrogen-bond acceptors (Lipinski definition) is 8. The van der Waals surface area contributed by atoms with Gasteiger partial charge in [-0.1, -0.05) is 0 Å². The molecule has 0 aliphatic carbocycles. The van der Waals surface area contributed by atoms with Gasteiger partial charge in [-0.15, -0.1) is 0 Å². The highest BCUT2D eigenvalue weighted by Crippen LogP contribution is 2.30. The van der Waals surface area contributed by atoms with E-state index in [2.05, 4.69) is 20.6 Å². The van der Waals surface area contributed by atoms with Gasteiger partial charge in [-0.3, -0.25) is 4.79 Å². The first-order valence-corrected chi connectivity index (χ1v) is 8.59. The van der Waals surface area contributed by atoms with Crippen molar-refractivity contribution in [2.45, 2.75) is 18.9 Å². The third kappa shape index (κ3) is 4.08. The maximum absolute atomic E-state index is 14.5. The molecular weight excluding hydrogens is 353 g/mol. The molecule has 0 atom stereocenters. The number of methoxy groups -OCH3 is 2. The number of ether oxygens (including phenoxy) is 2. The summed E-state index contributed by atoms with van der Waals surface area (Å²) in [6.07, 6.45) is 3.19. The Hall–Kier alpha value is -2.94. The molecule has 0 saturated carbocycles. The number of nitrogens with one attached hydrogen (secondary N) is 2. The lowest BCUT2D eigenvalue weighted by Gasteiger charge is -2.23. The molecule has 0 radical (unpaired) electrons. The molecule has 8 nitrogen and oxygen atoms in total. The number of anilines is 2. The molecule has 1 aromatic carbocycles. The zero-order valence-corrected chi connectivity index (χ0v) is 15.2. The standard InChI is InChI=1S/C18H22FN5O3/c1-26-11-7-13(19)15(14(8-11)27-2)16(25)12-9-22-18(24-17(12)20)23-10-3-5-21-6-4-10/h7-10,21H,3-6H2,1-2H3,(H3,20,22,23,24). The van der Waals surface area contributed by atoms with E-state index in [1.165, 1.54) is 26.5 Å². The summed E-state index contributed by atoms with van der Waals surface area (Å²) in [4.78, 5) is 21.1. The smallest absolute Gasteiger partial charge is 0.224 e. The minimum atomic E-state index is -0.771. The van der Waals surface area contributed by atoms with Crippen LogP contribution >= 0.6 is 0 Å². The van der Waals surface area contributed by atoms with Gasteiger partial charge in [-0.25, -0.2) is 9.37 Å². The number of nitrogen functional groups attached to an aromatic ring is 1. The summed E-state index contributed by atoms with van der Waals surface area (Å²) >= 11 is 0. The molecule has 0 spiro atoms. The second kappa shape index (κ2) is 8.17. The minimum Gasteiger partial charge on any atom is -0.497 e. The van der Waals surface area contributed by atoms with Gasteiger partial charge in [0, 0.05) is 24.4 Å². The lowest BCUT2D eigenvalue weighted by molar-refractivity contribution is 0.103. The highest BCUT2D eigenvalue weighted by Gasteiger charge is 2.24. The Bertz CT molecular complexity index is 840. The summed E-state index contributed by atoms with van der Waals surface area (Å²) in [7, 11) is 2.74. The van der Waals surface area contributed by atoms with Crippen molar-refractivity contribution in [3.8, 4) is 11.5 Å². The fourth-order valence-corrected chi connectivity index (χ4v) is 2.98. The van der Waals surface area contributed by atoms with Crippen LogP contribution in [0.1, 0.15) is 28.8 Å². The summed E-state index contributed by atoms with van der Waals surface area (Å²) in [5.41, 5.74) is 5.71. The van der Waals surface area contributed by atoms with Crippen LogP contribution in [0.4, 0.5) is 16.2 Å². The Morgan fingerprint density at radius 2 is 2.04 bits per heavy atom. The van der Waals surface area contributed by atoms with Crippen LogP contribution in [0.15, 0.2) is 18.3 Å². The number of nitrogens with two attached hydrogens (primary N) is 1. The zero-order valence-electron chi connectivity index (χ0n) is 15.2. The molecule has 144 valence electrons. The molecular formula is C18H22FN5O3. The first-order chi connectivity index (χ1) is 13.0. The summed E-state index contributed by atoms with van der Waals surface area (Å²) in [6, 6.07) is 2.78. The van der Waals surface area contributed by atoms with E-state index in [1.54, 1.807) is 0 Å². The van der Waals surface area contributed by atoms with Crippen LogP contribution in [-0.2, 0) is 0 Å². The molecule has 1 aromatic heterocycles. The fraction of sp³-hybridized carbons (Fsp3) is 0.389. The van der Waals surface area contributed by atoms with Crippen LogP contribution < -0.4 is 25.8 Å². The normalized spacial score (nSPS) is 14.6. The number of piperidine rings is 1. The average Bonchev–Trinajstić information content (AvgIpc) is 2.67. The SMILES string of the molecule is COc1cc(F)c(C(=O)c2cnc(NC3CCNCC3)nc2N)c(OC)c1. The molecule has 9 heteroatoms. The Morgan fingerprint density at radius 1 is 1.30 bits per heavy atom. The van der Waals surface area contributed by atoms with E-state index in [4.69, 9.17) is 15.2 Å². The monoisotopic (exact) mass is 375 g/mol. The topological polar surface area (TPSA) is 111 Å². The predicted molar refractivity (Wildman–Crippen MR) is 98.9 cm³/mol. The van der Waals surface area contributed by atoms with Crippen LogP contribution in [0.3, 0.4) is 0 Å². The number of aromatic nitrogens is 2. The van der Waals surface area contributed by atoms with E-state index < -0.39 is 11.6 Å². The molecule has 0 unspecified atom stereocenters. The van der Waals surface area contributed by atoms with E-state index in [0.29, 0.717) is 5.95 Å². The van der Waals surface area contributed by atoms with Crippen molar-refractivity contribution in [2.75, 3.05) is 38.4 Å². The van der Waals surface area contributed by atoms with Crippen molar-refractivity contribution in [1.29, 1.82) is 0 Å². The minimum absolute atomic E-state index is 0.00762. The fourth-order valence-electron chi connectivity index (χ4n) is 2.98. The molecule has 2 heterocycles. The molecule has 1 aliphatic rings. The van der Waals surface area contributed by atoms with Gasteiger partial charge in [-0.2, -0.15) is 4.98 Å². The van der Waals surface area contributed by atoms with Crippen LogP contribution in [0.5, 0.6) is 11.5 Å². The van der Waals surface area contributed by atoms with Gasteiger partial charge >= 0.3 is 0 Å². The van der Waals surface area contributed by atoms with Crippen molar-refractivity contribution >= 4 is 17.5 Å². The number of nitrogens with zero attached hydrogens (tertiary/aromatic N) is 2. The molecule has 0 amide bonds. The average molecular weight is 375 g/mol. The Balaban J connectivity index is 1.87. The maximum Gasteiger partial charge on any atom is 0.224 e. The lowest BCUT2D eigenvalue weighted by atomic mass is 10.0. The summed E-state index contributed by atoms with van der Waals surface area (Å²) in [6.45, 7) is 1.83. The molecule has 1 fully saturated rings. The van der Waals surface area contributed by atoms with E-state index >= 15 is 0 Å². The third-order valence-electron chi connectivity index (χ3n) is 4.45. The van der Waals surface area contributed by atoms with Crippen molar-refractivity contribution < 1.29 is 18.7 Å². The number of carbonyl (C=O) groups is 1. The van der Waals surface area contributed by atoms with E-state index in [-0.39, 0.29) is 34.5 Å². The van der Waals surface area contributed by atoms with E-state index in [1.807, 2.05) is 0 Å². The van der Waals surface area contributed by atoms with E-state index in [9.17, 15) is 9.18 Å². The highest BCUT2D eigenvalue weighted by molar-refractivity contribution is 6.13. The molecule has 27 heavy (non-hydrogen) atoms. The Labute approximate surface area is 156 Å². The molecule has 3 rings (SSSR count). The van der Waals surface area contributed by atoms with Gasteiger partial charge in [0.05, 0.1) is 19.8 Å². The van der Waals surface area contributed by atoms with Crippen LogP contribution in [0.2, 0.25) is 0 Å². The van der Waals surface area contributed by atoms with Gasteiger partial charge in [0.25, 0.3) is 0 Å². The number of halogens is 1. The van der Waals surface area contributed by atoms with Gasteiger partial charge in [0.2, 0.25) is 11.7 Å². The molecule has 0 bridgehead atoms. The van der Waals surface area contributed by atoms with Gasteiger partial charge in [0.1, 0.15) is 28.7 Å². The number of carbonyl (C=O) groups excluding carboxylic acids is 1. The second-order valence-corrected chi connectivity index (χ2v) is 6.18. The van der Waals surface area contributed by atoms with Crippen molar-refractivity contribution in [3.63, 3.8) is 0 Å². The largest absolute Gasteiger partial charge is 0.497 e. The highest BCUT2D eigenvalue weighted by atomic mass is 19.1. The predicted octanol–water partition coefficient (Wildman–Crippen LogP) is 1.61. The zero-order chi connectivity index (χ0) is 19.4. The Morgan fingerprint density at radius 3 is 2.67 bits per heavy atom. The van der Waals surface area contributed by atoms with Gasteiger partial charge < -0.3 is 25.8 Å². The molecule has 1 saturated heterocycles. The number of ketones is 1. The number of rotatable bonds is 6. The van der Waals surface area contributed by atoms with E-state index in [0.717, 1.165) is 32.0 Å². The van der Waals surface area contributed by atoms with Crippen LogP contribution in [0.25, 0.3) is 0 Å². The third-order valence-corrected chi connectivity index (χ3v) is 4.45. The molecule has 2 aromatic rings. The summed E-state index contributed by atoms with van der Waals surface area (Å²) < 4.78 is 24.6. The number of hydrogen-bond donors (Lipinski definition) is 3. The van der Waals surface area contributed by atoms with Crippen molar-refractivity contribution in [3.05, 3.63) is 35.3 Å². The van der Waals surface area contributed by atoms with Gasteiger partial charge in [0.15, 0.2) is 0 Å². The lowest BCUT2D eigenvalue weighted by Crippen LogP contribution is -2.35. The van der Waals surface area contributed by atoms with Crippen LogP contribution in [0, 0.1) is 5.82 Å². The first kappa shape index (κ1) is 18.8. The van der Waals surface area contributed by atoms with Crippen molar-refractivity contribution in [1.82, 2.24) is 15.3 Å². The van der Waals surface area contributed by atoms with Gasteiger partial charge in [-0.05, 0) is 25.9 Å².